The summed E-state index contributed by atoms with van der Waals surface area (Å²) in [6.07, 6.45) is 0.357. The van der Waals surface area contributed by atoms with E-state index in [1.807, 2.05) is 0 Å². The van der Waals surface area contributed by atoms with Gasteiger partial charge in [0.05, 0.1) is 27.0 Å². The minimum atomic E-state index is -0.695. The van der Waals surface area contributed by atoms with Gasteiger partial charge in [-0.05, 0) is 48.7 Å². The first-order chi connectivity index (χ1) is 13.8. The molecule has 0 saturated carbocycles. The molecule has 5 nitrogen and oxygen atoms in total. The number of rotatable bonds is 4. The number of aliphatic hydroxyl groups is 1. The van der Waals surface area contributed by atoms with Gasteiger partial charge in [0.2, 0.25) is 5.76 Å². The van der Waals surface area contributed by atoms with Crippen LogP contribution in [0.3, 0.4) is 0 Å². The van der Waals surface area contributed by atoms with E-state index in [2.05, 4.69) is 0 Å². The molecule has 3 aromatic rings. The van der Waals surface area contributed by atoms with E-state index in [0.717, 1.165) is 5.56 Å². The first kappa shape index (κ1) is 20.2. The number of carbonyl (C=O) groups excluding carboxylic acids is 1. The monoisotopic (exact) mass is 451 g/mol. The molecule has 0 saturated heterocycles. The Morgan fingerprint density at radius 3 is 2.52 bits per heavy atom. The van der Waals surface area contributed by atoms with Crippen LogP contribution in [0, 0.1) is 6.92 Å². The summed E-state index contributed by atoms with van der Waals surface area (Å²) in [6, 6.07) is 7.49. The number of aliphatic hydroxyl groups excluding tert-OH is 1. The lowest BCUT2D eigenvalue weighted by atomic mass is 9.98. The third-order valence-electron chi connectivity index (χ3n) is 5.06. The fraction of sp³-hybridized carbons (Fsp3) is 0.238. The molecule has 0 bridgehead atoms. The third kappa shape index (κ3) is 3.32. The topological polar surface area (TPSA) is 70.8 Å². The first-order valence-corrected chi connectivity index (χ1v) is 10.1. The predicted molar refractivity (Wildman–Crippen MR) is 113 cm³/mol. The molecule has 1 N–H and O–H groups in total. The molecule has 0 aliphatic carbocycles. The molecule has 2 aromatic carbocycles. The van der Waals surface area contributed by atoms with Gasteiger partial charge in [0.1, 0.15) is 5.58 Å². The lowest BCUT2D eigenvalue weighted by Gasteiger charge is -2.25. The van der Waals surface area contributed by atoms with E-state index in [4.69, 9.17) is 39.2 Å². The summed E-state index contributed by atoms with van der Waals surface area (Å²) < 4.78 is 5.88. The number of hydrogen-bond acceptors (Lipinski definition) is 4. The zero-order valence-corrected chi connectivity index (χ0v) is 17.6. The van der Waals surface area contributed by atoms with Crippen LogP contribution in [-0.2, 0) is 0 Å². The second-order valence-corrected chi connectivity index (χ2v) is 8.14. The minimum absolute atomic E-state index is 0.00163. The van der Waals surface area contributed by atoms with Crippen LogP contribution in [0.15, 0.2) is 39.5 Å². The highest BCUT2D eigenvalue weighted by molar-refractivity contribution is 6.42. The molecule has 0 spiro atoms. The summed E-state index contributed by atoms with van der Waals surface area (Å²) in [5.74, 6) is -0.408. The largest absolute Gasteiger partial charge is 0.450 e. The second kappa shape index (κ2) is 7.65. The van der Waals surface area contributed by atoms with Crippen LogP contribution in [-0.4, -0.2) is 29.1 Å². The van der Waals surface area contributed by atoms with Crippen LogP contribution in [0.25, 0.3) is 11.0 Å². The Kier molecular flexibility index (Phi) is 5.34. The molecular formula is C21H16Cl3NO4. The quantitative estimate of drug-likeness (QED) is 0.605. The number of halogens is 3. The van der Waals surface area contributed by atoms with Crippen molar-refractivity contribution in [3.05, 3.63) is 78.1 Å². The molecule has 150 valence electrons. The van der Waals surface area contributed by atoms with Crippen LogP contribution >= 0.6 is 34.8 Å². The molecular weight excluding hydrogens is 437 g/mol. The summed E-state index contributed by atoms with van der Waals surface area (Å²) in [6.45, 7) is 1.95. The maximum absolute atomic E-state index is 13.4. The SMILES string of the molecule is Cc1cc2oc3c(c(=O)c2cc1Cl)[C@@H](c1ccc(Cl)c(Cl)c1)N(CCCO)C3=O. The Labute approximate surface area is 181 Å². The van der Waals surface area contributed by atoms with E-state index >= 15 is 0 Å². The van der Waals surface area contributed by atoms with E-state index in [9.17, 15) is 14.7 Å². The van der Waals surface area contributed by atoms with Gasteiger partial charge in [0.15, 0.2) is 5.43 Å². The van der Waals surface area contributed by atoms with Crippen molar-refractivity contribution in [1.29, 1.82) is 0 Å². The van der Waals surface area contributed by atoms with Crippen LogP contribution in [0.5, 0.6) is 0 Å². The molecule has 2 heterocycles. The van der Waals surface area contributed by atoms with Gasteiger partial charge < -0.3 is 14.4 Å². The van der Waals surface area contributed by atoms with Gasteiger partial charge in [-0.25, -0.2) is 0 Å². The highest BCUT2D eigenvalue weighted by Crippen LogP contribution is 2.40. The molecule has 1 aromatic heterocycles. The van der Waals surface area contributed by atoms with Crippen LogP contribution in [0.1, 0.15) is 39.7 Å². The Bertz CT molecular complexity index is 1200. The summed E-state index contributed by atoms with van der Waals surface area (Å²) in [5.41, 5.74) is 1.60. The maximum Gasteiger partial charge on any atom is 0.290 e. The van der Waals surface area contributed by atoms with Crippen LogP contribution < -0.4 is 5.43 Å². The van der Waals surface area contributed by atoms with Gasteiger partial charge >= 0.3 is 0 Å². The first-order valence-electron chi connectivity index (χ1n) is 8.97. The fourth-order valence-electron chi connectivity index (χ4n) is 3.64. The van der Waals surface area contributed by atoms with E-state index in [1.165, 1.54) is 4.90 Å². The fourth-order valence-corrected chi connectivity index (χ4v) is 4.11. The summed E-state index contributed by atoms with van der Waals surface area (Å²) in [7, 11) is 0. The van der Waals surface area contributed by atoms with Crippen molar-refractivity contribution in [3.63, 3.8) is 0 Å². The third-order valence-corrected chi connectivity index (χ3v) is 6.21. The highest BCUT2D eigenvalue weighted by atomic mass is 35.5. The normalized spacial score (nSPS) is 16.0. The van der Waals surface area contributed by atoms with Crippen molar-refractivity contribution in [1.82, 2.24) is 4.90 Å². The van der Waals surface area contributed by atoms with Crippen LogP contribution in [0.2, 0.25) is 15.1 Å². The van der Waals surface area contributed by atoms with Crippen LogP contribution in [0.4, 0.5) is 0 Å². The highest BCUT2D eigenvalue weighted by Gasteiger charge is 2.42. The molecule has 0 unspecified atom stereocenters. The predicted octanol–water partition coefficient (Wildman–Crippen LogP) is 4.99. The van der Waals surface area contributed by atoms with E-state index in [0.29, 0.717) is 38.0 Å². The van der Waals surface area contributed by atoms with Gasteiger partial charge in [-0.1, -0.05) is 40.9 Å². The van der Waals surface area contributed by atoms with Crippen molar-refractivity contribution in [3.8, 4) is 0 Å². The summed E-state index contributed by atoms with van der Waals surface area (Å²) in [4.78, 5) is 28.0. The number of aryl methyl sites for hydroxylation is 1. The van der Waals surface area contributed by atoms with E-state index < -0.39 is 11.9 Å². The van der Waals surface area contributed by atoms with Crippen molar-refractivity contribution in [2.75, 3.05) is 13.2 Å². The Morgan fingerprint density at radius 1 is 1.07 bits per heavy atom. The standard InChI is InChI=1S/C21H16Cl3NO4/c1-10-7-16-12(9-14(10)23)19(27)17-18(11-3-4-13(22)15(24)8-11)25(5-2-6-26)21(28)20(17)29-16/h3-4,7-9,18,26H,2,5-6H2,1H3/t18-/m1/s1. The number of amides is 1. The molecule has 1 amide bonds. The minimum Gasteiger partial charge on any atom is -0.450 e. The van der Waals surface area contributed by atoms with Crippen molar-refractivity contribution < 1.29 is 14.3 Å². The molecule has 1 aliphatic rings. The molecule has 1 atom stereocenters. The number of benzene rings is 2. The Hall–Kier alpha value is -2.05. The number of nitrogens with zero attached hydrogens (tertiary/aromatic N) is 1. The van der Waals surface area contributed by atoms with Gasteiger partial charge in [0, 0.05) is 18.2 Å². The van der Waals surface area contributed by atoms with Crippen molar-refractivity contribution in [2.45, 2.75) is 19.4 Å². The summed E-state index contributed by atoms with van der Waals surface area (Å²) >= 11 is 18.4. The molecule has 0 fully saturated rings. The Morgan fingerprint density at radius 2 is 1.83 bits per heavy atom. The number of fused-ring (bicyclic) bond motifs is 2. The Balaban J connectivity index is 1.99. The molecule has 1 aliphatic heterocycles. The average molecular weight is 453 g/mol. The van der Waals surface area contributed by atoms with Gasteiger partial charge in [-0.15, -0.1) is 0 Å². The van der Waals surface area contributed by atoms with Gasteiger partial charge in [-0.3, -0.25) is 9.59 Å². The lowest BCUT2D eigenvalue weighted by molar-refractivity contribution is 0.0716. The zero-order valence-electron chi connectivity index (χ0n) is 15.3. The zero-order chi connectivity index (χ0) is 20.9. The second-order valence-electron chi connectivity index (χ2n) is 6.92. The maximum atomic E-state index is 13.4. The van der Waals surface area contributed by atoms with Crippen molar-refractivity contribution in [2.24, 2.45) is 0 Å². The smallest absolute Gasteiger partial charge is 0.290 e. The number of hydrogen-bond donors (Lipinski definition) is 1. The van der Waals surface area contributed by atoms with E-state index in [-0.39, 0.29) is 29.9 Å². The lowest BCUT2D eigenvalue weighted by Crippen LogP contribution is -2.31. The molecule has 29 heavy (non-hydrogen) atoms. The van der Waals surface area contributed by atoms with Crippen molar-refractivity contribution >= 4 is 51.7 Å². The molecule has 8 heteroatoms. The molecule has 0 radical (unpaired) electrons. The van der Waals surface area contributed by atoms with Gasteiger partial charge in [0.25, 0.3) is 5.91 Å². The number of carbonyl (C=O) groups is 1. The molecule has 4 rings (SSSR count). The summed E-state index contributed by atoms with van der Waals surface area (Å²) in [5, 5.41) is 10.7. The van der Waals surface area contributed by atoms with E-state index in [1.54, 1.807) is 37.3 Å². The van der Waals surface area contributed by atoms with Gasteiger partial charge in [-0.2, -0.15) is 0 Å². The average Bonchev–Trinajstić information content (AvgIpc) is 2.96.